The summed E-state index contributed by atoms with van der Waals surface area (Å²) < 4.78 is 29.0. The van der Waals surface area contributed by atoms with Gasteiger partial charge in [0.25, 0.3) is 0 Å². The van der Waals surface area contributed by atoms with E-state index < -0.39 is 11.6 Å². The van der Waals surface area contributed by atoms with Crippen LogP contribution in [-0.4, -0.2) is 9.55 Å². The number of hydrogen-bond donors (Lipinski definition) is 1. The van der Waals surface area contributed by atoms with Crippen molar-refractivity contribution in [2.75, 3.05) is 5.32 Å². The fourth-order valence-electron chi connectivity index (χ4n) is 2.58. The first-order chi connectivity index (χ1) is 9.84. The lowest BCUT2D eigenvalue weighted by atomic mass is 9.93. The number of nitrogens with one attached hydrogen (secondary N) is 1. The molecule has 0 radical (unpaired) electrons. The van der Waals surface area contributed by atoms with Gasteiger partial charge in [-0.2, -0.15) is 0 Å². The Hall–Kier alpha value is -1.91. The van der Waals surface area contributed by atoms with Crippen molar-refractivity contribution in [1.82, 2.24) is 9.55 Å². The van der Waals surface area contributed by atoms with Gasteiger partial charge in [-0.3, -0.25) is 0 Å². The Morgan fingerprint density at radius 1 is 1.29 bits per heavy atom. The predicted octanol–water partition coefficient (Wildman–Crippen LogP) is 4.02. The molecule has 112 valence electrons. The van der Waals surface area contributed by atoms with Gasteiger partial charge in [-0.15, -0.1) is 0 Å². The van der Waals surface area contributed by atoms with Gasteiger partial charge in [0.05, 0.1) is 11.7 Å². The summed E-state index contributed by atoms with van der Waals surface area (Å²) in [4.78, 5) is 4.60. The van der Waals surface area contributed by atoms with Crippen LogP contribution in [0.3, 0.4) is 0 Å². The van der Waals surface area contributed by atoms with Crippen LogP contribution in [0, 0.1) is 11.6 Å². The summed E-state index contributed by atoms with van der Waals surface area (Å²) in [5, 5.41) is 3.26. The van der Waals surface area contributed by atoms with E-state index in [2.05, 4.69) is 35.6 Å². The molecule has 1 aliphatic heterocycles. The van der Waals surface area contributed by atoms with Crippen LogP contribution < -0.4 is 5.32 Å². The molecule has 1 unspecified atom stereocenters. The van der Waals surface area contributed by atoms with Gasteiger partial charge in [-0.25, -0.2) is 13.8 Å². The molecule has 0 bridgehead atoms. The number of hydrogen-bond acceptors (Lipinski definition) is 2. The number of aromatic nitrogens is 2. The molecule has 3 nitrogen and oxygen atoms in total. The van der Waals surface area contributed by atoms with Crippen molar-refractivity contribution in [3.8, 4) is 0 Å². The summed E-state index contributed by atoms with van der Waals surface area (Å²) in [7, 11) is 0. The second-order valence-electron chi connectivity index (χ2n) is 6.54. The number of halogens is 2. The molecular weight excluding hydrogens is 272 g/mol. The quantitative estimate of drug-likeness (QED) is 0.860. The average Bonchev–Trinajstić information content (AvgIpc) is 2.81. The lowest BCUT2D eigenvalue weighted by Gasteiger charge is -2.26. The zero-order chi connectivity index (χ0) is 15.2. The number of imidazole rings is 1. The maximum atomic E-state index is 13.9. The number of rotatable bonds is 1. The molecule has 1 aromatic heterocycles. The van der Waals surface area contributed by atoms with Gasteiger partial charge in [-0.1, -0.05) is 26.8 Å². The molecule has 0 saturated carbocycles. The summed E-state index contributed by atoms with van der Waals surface area (Å²) in [6.45, 7) is 7.10. The monoisotopic (exact) mass is 291 g/mol. The van der Waals surface area contributed by atoms with Crippen LogP contribution in [0.25, 0.3) is 0 Å². The number of aryl methyl sites for hydroxylation is 1. The first kappa shape index (κ1) is 14.0. The molecule has 0 fully saturated rings. The molecule has 0 saturated heterocycles. The van der Waals surface area contributed by atoms with E-state index in [0.717, 1.165) is 30.7 Å². The summed E-state index contributed by atoms with van der Waals surface area (Å²) in [5.74, 6) is -0.313. The summed E-state index contributed by atoms with van der Waals surface area (Å²) >= 11 is 0. The smallest absolute Gasteiger partial charge is 0.203 e. The zero-order valence-electron chi connectivity index (χ0n) is 12.5. The second kappa shape index (κ2) is 4.83. The predicted molar refractivity (Wildman–Crippen MR) is 78.3 cm³/mol. The Kier molecular flexibility index (Phi) is 3.23. The van der Waals surface area contributed by atoms with E-state index >= 15 is 0 Å². The molecule has 1 aliphatic rings. The Labute approximate surface area is 123 Å². The van der Waals surface area contributed by atoms with Crippen LogP contribution in [0.5, 0.6) is 0 Å². The minimum atomic E-state index is -0.552. The molecule has 0 spiro atoms. The number of anilines is 1. The topological polar surface area (TPSA) is 29.9 Å². The Morgan fingerprint density at radius 2 is 2.05 bits per heavy atom. The molecule has 3 rings (SSSR count). The Morgan fingerprint density at radius 3 is 2.71 bits per heavy atom. The lowest BCUT2D eigenvalue weighted by molar-refractivity contribution is 0.508. The van der Waals surface area contributed by atoms with Crippen molar-refractivity contribution in [2.45, 2.75) is 45.2 Å². The van der Waals surface area contributed by atoms with Crippen molar-refractivity contribution in [2.24, 2.45) is 0 Å². The number of fused-ring (bicyclic) bond motifs is 1. The first-order valence-corrected chi connectivity index (χ1v) is 7.14. The molecule has 1 N–H and O–H groups in total. The normalized spacial score (nSPS) is 18.2. The number of nitrogens with zero attached hydrogens (tertiary/aromatic N) is 2. The van der Waals surface area contributed by atoms with Crippen LogP contribution in [0.15, 0.2) is 24.4 Å². The van der Waals surface area contributed by atoms with Crippen LogP contribution >= 0.6 is 0 Å². The first-order valence-electron chi connectivity index (χ1n) is 7.14. The molecule has 21 heavy (non-hydrogen) atoms. The van der Waals surface area contributed by atoms with Crippen molar-refractivity contribution in [1.29, 1.82) is 0 Å². The van der Waals surface area contributed by atoms with Crippen LogP contribution in [0.2, 0.25) is 0 Å². The van der Waals surface area contributed by atoms with E-state index in [0.29, 0.717) is 5.56 Å². The fraction of sp³-hybridized carbons (Fsp3) is 0.438. The standard InChI is InChI=1S/C16H19F2N3/c1-16(2,3)14-9-21-7-6-13(19-15(21)20-14)11-5-4-10(17)8-12(11)18/h4-5,8-9,13H,6-7H2,1-3H3,(H,19,20). The second-order valence-corrected chi connectivity index (χ2v) is 6.54. The molecule has 0 aliphatic carbocycles. The minimum absolute atomic E-state index is 0.0252. The third-order valence-electron chi connectivity index (χ3n) is 3.84. The average molecular weight is 291 g/mol. The van der Waals surface area contributed by atoms with E-state index in [1.54, 1.807) is 0 Å². The van der Waals surface area contributed by atoms with Crippen molar-refractivity contribution in [3.05, 3.63) is 47.3 Å². The van der Waals surface area contributed by atoms with Gasteiger partial charge in [0.15, 0.2) is 0 Å². The van der Waals surface area contributed by atoms with Crippen molar-refractivity contribution < 1.29 is 8.78 Å². The van der Waals surface area contributed by atoms with Crippen molar-refractivity contribution in [3.63, 3.8) is 0 Å². The van der Waals surface area contributed by atoms with Gasteiger partial charge >= 0.3 is 0 Å². The highest BCUT2D eigenvalue weighted by molar-refractivity contribution is 5.38. The molecule has 1 atom stereocenters. The summed E-state index contributed by atoms with van der Waals surface area (Å²) in [6, 6.07) is 3.56. The molecule has 5 heteroatoms. The molecular formula is C16H19F2N3. The Balaban J connectivity index is 1.89. The van der Waals surface area contributed by atoms with Crippen LogP contribution in [0.1, 0.15) is 44.5 Å². The van der Waals surface area contributed by atoms with E-state index in [1.165, 1.54) is 12.1 Å². The molecule has 1 aromatic carbocycles. The number of benzene rings is 1. The zero-order valence-corrected chi connectivity index (χ0v) is 12.5. The van der Waals surface area contributed by atoms with E-state index in [-0.39, 0.29) is 11.5 Å². The van der Waals surface area contributed by atoms with Crippen molar-refractivity contribution >= 4 is 5.95 Å². The van der Waals surface area contributed by atoms with Gasteiger partial charge < -0.3 is 9.88 Å². The highest BCUT2D eigenvalue weighted by Gasteiger charge is 2.26. The van der Waals surface area contributed by atoms with Gasteiger partial charge in [0.2, 0.25) is 5.95 Å². The third-order valence-corrected chi connectivity index (χ3v) is 3.84. The van der Waals surface area contributed by atoms with Gasteiger partial charge in [-0.05, 0) is 12.5 Å². The third kappa shape index (κ3) is 2.64. The lowest BCUT2D eigenvalue weighted by Crippen LogP contribution is -2.22. The molecule has 2 heterocycles. The minimum Gasteiger partial charge on any atom is -0.349 e. The van der Waals surface area contributed by atoms with E-state index in [9.17, 15) is 8.78 Å². The van der Waals surface area contributed by atoms with Crippen LogP contribution in [-0.2, 0) is 12.0 Å². The van der Waals surface area contributed by atoms with E-state index in [1.807, 2.05) is 6.20 Å². The summed E-state index contributed by atoms with van der Waals surface area (Å²) in [6.07, 6.45) is 2.79. The van der Waals surface area contributed by atoms with Gasteiger partial charge in [0.1, 0.15) is 11.6 Å². The van der Waals surface area contributed by atoms with E-state index in [4.69, 9.17) is 0 Å². The molecule has 0 amide bonds. The van der Waals surface area contributed by atoms with Crippen LogP contribution in [0.4, 0.5) is 14.7 Å². The fourth-order valence-corrected chi connectivity index (χ4v) is 2.58. The highest BCUT2D eigenvalue weighted by atomic mass is 19.1. The van der Waals surface area contributed by atoms with Gasteiger partial charge in [0, 0.05) is 29.8 Å². The Bertz CT molecular complexity index is 671. The largest absolute Gasteiger partial charge is 0.349 e. The maximum absolute atomic E-state index is 13.9. The highest BCUT2D eigenvalue weighted by Crippen LogP contribution is 2.32. The summed E-state index contributed by atoms with van der Waals surface area (Å²) in [5.41, 5.74) is 1.47. The molecule has 2 aromatic rings. The SMILES string of the molecule is CC(C)(C)c1cn2c(n1)NC(c1ccc(F)cc1F)CC2. The maximum Gasteiger partial charge on any atom is 0.203 e.